The number of nitrogens with zero attached hydrogens (tertiary/aromatic N) is 1. The summed E-state index contributed by atoms with van der Waals surface area (Å²) in [5, 5.41) is 4.01. The highest BCUT2D eigenvalue weighted by molar-refractivity contribution is 6.06. The van der Waals surface area contributed by atoms with Gasteiger partial charge in [0.05, 0.1) is 5.56 Å². The van der Waals surface area contributed by atoms with E-state index < -0.39 is 0 Å². The second-order valence-electron chi connectivity index (χ2n) is 5.73. The van der Waals surface area contributed by atoms with Crippen LogP contribution in [0.25, 0.3) is 10.9 Å². The number of benzene rings is 1. The molecule has 0 bridgehead atoms. The van der Waals surface area contributed by atoms with E-state index in [1.807, 2.05) is 38.4 Å². The van der Waals surface area contributed by atoms with E-state index in [1.54, 1.807) is 6.20 Å². The molecule has 1 amide bonds. The second-order valence-corrected chi connectivity index (χ2v) is 5.73. The minimum atomic E-state index is -0.0186. The normalized spacial score (nSPS) is 13.1. The number of aromatic nitrogens is 1. The van der Waals surface area contributed by atoms with E-state index in [0.29, 0.717) is 24.1 Å². The zero-order valence-electron chi connectivity index (χ0n) is 12.6. The Hall–Kier alpha value is -1.81. The summed E-state index contributed by atoms with van der Waals surface area (Å²) in [7, 11) is 4.09. The first-order valence-electron chi connectivity index (χ1n) is 7.01. The zero-order chi connectivity index (χ0) is 14.7. The van der Waals surface area contributed by atoms with Gasteiger partial charge in [0.2, 0.25) is 0 Å². The van der Waals surface area contributed by atoms with E-state index in [0.717, 1.165) is 10.9 Å². The van der Waals surface area contributed by atoms with Crippen LogP contribution in [-0.4, -0.2) is 42.5 Å². The lowest BCUT2D eigenvalue weighted by atomic mass is 10.0. The summed E-state index contributed by atoms with van der Waals surface area (Å²) < 4.78 is 0. The lowest BCUT2D eigenvalue weighted by Gasteiger charge is -2.28. The average Bonchev–Trinajstić information content (AvgIpc) is 2.81. The van der Waals surface area contributed by atoms with Crippen molar-refractivity contribution in [3.8, 4) is 0 Å². The number of H-pyrrole nitrogens is 1. The first kappa shape index (κ1) is 14.6. The molecule has 0 aliphatic rings. The third-order valence-electron chi connectivity index (χ3n) is 3.74. The van der Waals surface area contributed by atoms with Gasteiger partial charge in [-0.25, -0.2) is 0 Å². The zero-order valence-corrected chi connectivity index (χ0v) is 12.6. The Morgan fingerprint density at radius 2 is 2.00 bits per heavy atom. The Kier molecular flexibility index (Phi) is 4.45. The van der Waals surface area contributed by atoms with Crippen LogP contribution in [0.3, 0.4) is 0 Å². The number of rotatable bonds is 5. The van der Waals surface area contributed by atoms with E-state index in [2.05, 4.69) is 29.0 Å². The van der Waals surface area contributed by atoms with Gasteiger partial charge >= 0.3 is 0 Å². The van der Waals surface area contributed by atoms with Crippen molar-refractivity contribution in [3.05, 3.63) is 36.0 Å². The van der Waals surface area contributed by atoms with Gasteiger partial charge < -0.3 is 15.2 Å². The number of para-hydroxylation sites is 1. The summed E-state index contributed by atoms with van der Waals surface area (Å²) in [4.78, 5) is 17.6. The predicted molar refractivity (Wildman–Crippen MR) is 82.9 cm³/mol. The van der Waals surface area contributed by atoms with Crippen LogP contribution in [0, 0.1) is 5.92 Å². The number of aromatic amines is 1. The minimum Gasteiger partial charge on any atom is -0.360 e. The van der Waals surface area contributed by atoms with Gasteiger partial charge in [0, 0.05) is 29.7 Å². The summed E-state index contributed by atoms with van der Waals surface area (Å²) in [5.41, 5.74) is 1.70. The molecule has 1 heterocycles. The molecule has 1 atom stereocenters. The van der Waals surface area contributed by atoms with E-state index >= 15 is 0 Å². The molecular weight excluding hydrogens is 250 g/mol. The van der Waals surface area contributed by atoms with Gasteiger partial charge in [-0.3, -0.25) is 4.79 Å². The van der Waals surface area contributed by atoms with Crippen molar-refractivity contribution < 1.29 is 4.79 Å². The summed E-state index contributed by atoms with van der Waals surface area (Å²) in [6.45, 7) is 4.99. The number of likely N-dealkylation sites (N-methyl/N-ethyl adjacent to an activating group) is 1. The Morgan fingerprint density at radius 1 is 1.30 bits per heavy atom. The van der Waals surface area contributed by atoms with Crippen molar-refractivity contribution in [2.75, 3.05) is 20.6 Å². The molecule has 0 aliphatic carbocycles. The molecule has 1 aromatic carbocycles. The van der Waals surface area contributed by atoms with Gasteiger partial charge in [0.25, 0.3) is 5.91 Å². The highest BCUT2D eigenvalue weighted by atomic mass is 16.1. The van der Waals surface area contributed by atoms with E-state index in [-0.39, 0.29) is 5.91 Å². The maximum absolute atomic E-state index is 12.3. The molecule has 1 unspecified atom stereocenters. The van der Waals surface area contributed by atoms with Crippen LogP contribution in [0.15, 0.2) is 30.5 Å². The van der Waals surface area contributed by atoms with Crippen LogP contribution >= 0.6 is 0 Å². The van der Waals surface area contributed by atoms with Gasteiger partial charge in [-0.2, -0.15) is 0 Å². The third kappa shape index (κ3) is 3.02. The number of carbonyl (C=O) groups excluding carboxylic acids is 1. The van der Waals surface area contributed by atoms with Gasteiger partial charge in [-0.1, -0.05) is 32.0 Å². The number of carbonyl (C=O) groups is 1. The molecule has 108 valence electrons. The van der Waals surface area contributed by atoms with Crippen LogP contribution < -0.4 is 5.32 Å². The molecule has 0 radical (unpaired) electrons. The first-order chi connectivity index (χ1) is 9.50. The number of fused-ring (bicyclic) bond motifs is 1. The minimum absolute atomic E-state index is 0.0186. The molecule has 0 fully saturated rings. The van der Waals surface area contributed by atoms with Gasteiger partial charge in [0.15, 0.2) is 0 Å². The lowest BCUT2D eigenvalue weighted by molar-refractivity contribution is 0.0936. The van der Waals surface area contributed by atoms with Crippen LogP contribution in [0.4, 0.5) is 0 Å². The predicted octanol–water partition coefficient (Wildman–Crippen LogP) is 2.48. The molecule has 0 saturated heterocycles. The smallest absolute Gasteiger partial charge is 0.253 e. The maximum atomic E-state index is 12.3. The molecule has 4 heteroatoms. The van der Waals surface area contributed by atoms with E-state index in [4.69, 9.17) is 0 Å². The SMILES string of the molecule is CC(C)C(CNC(=O)c1c[nH]c2ccccc12)N(C)C. The second kappa shape index (κ2) is 6.09. The Labute approximate surface area is 120 Å². The van der Waals surface area contributed by atoms with Crippen LogP contribution in [0.5, 0.6) is 0 Å². The summed E-state index contributed by atoms with van der Waals surface area (Å²) in [6, 6.07) is 8.18. The quantitative estimate of drug-likeness (QED) is 0.879. The van der Waals surface area contributed by atoms with Crippen molar-refractivity contribution in [1.29, 1.82) is 0 Å². The lowest BCUT2D eigenvalue weighted by Crippen LogP contribution is -2.43. The first-order valence-corrected chi connectivity index (χ1v) is 7.01. The fourth-order valence-corrected chi connectivity index (χ4v) is 2.57. The maximum Gasteiger partial charge on any atom is 0.253 e. The summed E-state index contributed by atoms with van der Waals surface area (Å²) >= 11 is 0. The molecule has 1 aromatic heterocycles. The number of hydrogen-bond acceptors (Lipinski definition) is 2. The fraction of sp³-hybridized carbons (Fsp3) is 0.438. The summed E-state index contributed by atoms with van der Waals surface area (Å²) in [6.07, 6.45) is 1.78. The van der Waals surface area contributed by atoms with Crippen LogP contribution in [-0.2, 0) is 0 Å². The van der Waals surface area contributed by atoms with Gasteiger partial charge in [-0.05, 0) is 26.1 Å². The molecule has 0 aliphatic heterocycles. The van der Waals surface area contributed by atoms with E-state index in [1.165, 1.54) is 0 Å². The number of hydrogen-bond donors (Lipinski definition) is 2. The summed E-state index contributed by atoms with van der Waals surface area (Å²) in [5.74, 6) is 0.475. The fourth-order valence-electron chi connectivity index (χ4n) is 2.57. The molecule has 0 saturated carbocycles. The highest BCUT2D eigenvalue weighted by Gasteiger charge is 2.18. The number of amides is 1. The van der Waals surface area contributed by atoms with Crippen LogP contribution in [0.2, 0.25) is 0 Å². The number of nitrogens with one attached hydrogen (secondary N) is 2. The highest BCUT2D eigenvalue weighted by Crippen LogP contribution is 2.17. The molecule has 2 rings (SSSR count). The van der Waals surface area contributed by atoms with Crippen LogP contribution in [0.1, 0.15) is 24.2 Å². The van der Waals surface area contributed by atoms with Crippen molar-refractivity contribution >= 4 is 16.8 Å². The molecule has 4 nitrogen and oxygen atoms in total. The van der Waals surface area contributed by atoms with Crippen molar-refractivity contribution in [1.82, 2.24) is 15.2 Å². The Bertz CT molecular complexity index is 578. The average molecular weight is 273 g/mol. The standard InChI is InChI=1S/C16H23N3O/c1-11(2)15(19(3)4)10-18-16(20)13-9-17-14-8-6-5-7-12(13)14/h5-9,11,15,17H,10H2,1-4H3,(H,18,20). The monoisotopic (exact) mass is 273 g/mol. The molecular formula is C16H23N3O. The Balaban J connectivity index is 2.09. The molecule has 2 N–H and O–H groups in total. The molecule has 0 spiro atoms. The molecule has 2 aromatic rings. The van der Waals surface area contributed by atoms with Gasteiger partial charge in [-0.15, -0.1) is 0 Å². The largest absolute Gasteiger partial charge is 0.360 e. The van der Waals surface area contributed by atoms with E-state index in [9.17, 15) is 4.79 Å². The Morgan fingerprint density at radius 3 is 2.65 bits per heavy atom. The van der Waals surface area contributed by atoms with Gasteiger partial charge in [0.1, 0.15) is 0 Å². The van der Waals surface area contributed by atoms with Crippen molar-refractivity contribution in [3.63, 3.8) is 0 Å². The van der Waals surface area contributed by atoms with Crippen molar-refractivity contribution in [2.24, 2.45) is 5.92 Å². The molecule has 20 heavy (non-hydrogen) atoms. The topological polar surface area (TPSA) is 48.1 Å². The third-order valence-corrected chi connectivity index (χ3v) is 3.74. The van der Waals surface area contributed by atoms with Crippen molar-refractivity contribution in [2.45, 2.75) is 19.9 Å².